The zero-order chi connectivity index (χ0) is 32.8. The van der Waals surface area contributed by atoms with Gasteiger partial charge in [-0.25, -0.2) is 9.37 Å². The number of likely N-dealkylation sites (N-methyl/N-ethyl adjacent to an activating group) is 1. The van der Waals surface area contributed by atoms with Crippen LogP contribution in [0.5, 0.6) is 0 Å². The summed E-state index contributed by atoms with van der Waals surface area (Å²) >= 11 is 0. The molecule has 0 aliphatic heterocycles. The second kappa shape index (κ2) is 17.2. The monoisotopic (exact) mass is 593 g/mol. The fourth-order valence-electron chi connectivity index (χ4n) is 4.41. The van der Waals surface area contributed by atoms with Gasteiger partial charge >= 0.3 is 0 Å². The number of nitrogens with one attached hydrogen (secondary N) is 3. The van der Waals surface area contributed by atoms with Gasteiger partial charge < -0.3 is 15.2 Å². The number of pyridine rings is 1. The number of fused-ring (bicyclic) bond motifs is 1. The molecule has 230 valence electrons. The normalized spacial score (nSPS) is 12.2. The van der Waals surface area contributed by atoms with Crippen molar-refractivity contribution in [3.05, 3.63) is 120 Å². The lowest BCUT2D eigenvalue weighted by Crippen LogP contribution is -2.24. The molecule has 0 saturated heterocycles. The van der Waals surface area contributed by atoms with Crippen molar-refractivity contribution in [1.29, 1.82) is 0 Å². The van der Waals surface area contributed by atoms with Crippen LogP contribution >= 0.6 is 0 Å². The summed E-state index contributed by atoms with van der Waals surface area (Å²) < 4.78 is 14.4. The molecule has 0 atom stereocenters. The van der Waals surface area contributed by atoms with Crippen LogP contribution in [-0.4, -0.2) is 51.2 Å². The first-order valence-electron chi connectivity index (χ1n) is 14.4. The zero-order valence-electron chi connectivity index (χ0n) is 27.0. The SMILES string of the molecule is C=C/C(=C\C(=C/C)C(=C)/C=c1/c(-c2nc3c(-c4cc(F)cc(CNC)c4)nccc3[nH]2)n[nH]/c1=C/C)N(C)C.C=C=C.CC. The van der Waals surface area contributed by atoms with Gasteiger partial charge in [-0.05, 0) is 80.1 Å². The molecule has 3 heterocycles. The molecule has 0 bridgehead atoms. The molecule has 0 aliphatic carbocycles. The summed E-state index contributed by atoms with van der Waals surface area (Å²) in [5, 5.41) is 12.5. The van der Waals surface area contributed by atoms with Crippen LogP contribution in [-0.2, 0) is 6.54 Å². The number of benzene rings is 1. The zero-order valence-corrected chi connectivity index (χ0v) is 27.0. The number of allylic oxidation sites excluding steroid dienone is 5. The lowest BCUT2D eigenvalue weighted by molar-refractivity contribution is 0.530. The van der Waals surface area contributed by atoms with Crippen molar-refractivity contribution < 1.29 is 4.39 Å². The Morgan fingerprint density at radius 3 is 2.43 bits per heavy atom. The molecule has 3 N–H and O–H groups in total. The molecule has 0 aliphatic rings. The van der Waals surface area contributed by atoms with E-state index in [-0.39, 0.29) is 5.82 Å². The van der Waals surface area contributed by atoms with Crippen molar-refractivity contribution in [2.24, 2.45) is 0 Å². The van der Waals surface area contributed by atoms with Crippen LogP contribution < -0.4 is 15.9 Å². The molecule has 4 rings (SSSR count). The molecule has 3 aromatic heterocycles. The fraction of sp³-hybridized carbons (Fsp3) is 0.222. The highest BCUT2D eigenvalue weighted by molar-refractivity contribution is 5.91. The van der Waals surface area contributed by atoms with Gasteiger partial charge in [-0.15, -0.1) is 5.73 Å². The highest BCUT2D eigenvalue weighted by Crippen LogP contribution is 2.28. The minimum Gasteiger partial charge on any atom is -0.378 e. The Balaban J connectivity index is 0.00000127. The highest BCUT2D eigenvalue weighted by Gasteiger charge is 2.16. The second-order valence-corrected chi connectivity index (χ2v) is 9.54. The predicted molar refractivity (Wildman–Crippen MR) is 184 cm³/mol. The van der Waals surface area contributed by atoms with E-state index in [0.717, 1.165) is 38.5 Å². The number of H-pyrrole nitrogens is 2. The van der Waals surface area contributed by atoms with E-state index in [9.17, 15) is 4.39 Å². The molecular weight excluding hydrogens is 549 g/mol. The maximum atomic E-state index is 14.4. The van der Waals surface area contributed by atoms with Crippen LogP contribution in [0.4, 0.5) is 4.39 Å². The van der Waals surface area contributed by atoms with E-state index >= 15 is 0 Å². The highest BCUT2D eigenvalue weighted by atomic mass is 19.1. The van der Waals surface area contributed by atoms with E-state index in [1.165, 1.54) is 12.1 Å². The Morgan fingerprint density at radius 2 is 1.84 bits per heavy atom. The number of hydrogen-bond acceptors (Lipinski definition) is 5. The first-order chi connectivity index (χ1) is 21.2. The van der Waals surface area contributed by atoms with Crippen LogP contribution in [0.15, 0.2) is 97.6 Å². The average molecular weight is 594 g/mol. The number of aromatic nitrogens is 5. The lowest BCUT2D eigenvalue weighted by Gasteiger charge is -2.14. The first kappa shape index (κ1) is 35.2. The molecular formula is C36H44FN7. The van der Waals surface area contributed by atoms with Crippen LogP contribution in [0.1, 0.15) is 33.3 Å². The van der Waals surface area contributed by atoms with Gasteiger partial charge in [-0.3, -0.25) is 10.1 Å². The van der Waals surface area contributed by atoms with Crippen LogP contribution in [0, 0.1) is 5.82 Å². The molecule has 7 nitrogen and oxygen atoms in total. The maximum absolute atomic E-state index is 14.4. The number of imidazole rings is 1. The van der Waals surface area contributed by atoms with Gasteiger partial charge in [0.1, 0.15) is 17.0 Å². The fourth-order valence-corrected chi connectivity index (χ4v) is 4.41. The number of rotatable bonds is 9. The summed E-state index contributed by atoms with van der Waals surface area (Å²) in [5.74, 6) is 0.257. The average Bonchev–Trinajstić information content (AvgIpc) is 3.62. The summed E-state index contributed by atoms with van der Waals surface area (Å²) in [7, 11) is 5.78. The third-order valence-electron chi connectivity index (χ3n) is 6.39. The predicted octanol–water partition coefficient (Wildman–Crippen LogP) is 6.57. The standard InChI is InChI=1S/C31H34FN7.C3H4.C2H6/c1-8-21(17-24(9-2)39(6)7)19(4)13-25-26(10-3)37-38-29(25)31-35-27-11-12-34-28(30(27)36-31)22-14-20(18-33-5)15-23(32)16-22;1-3-2;1-2/h8-17,33,37H,2,4,18H2,1,3,5-7H3,(H,35,36);1-2H2;1-2H3/b21-8+,24-17+,25-13+,26-10+;;. The van der Waals surface area contributed by atoms with Gasteiger partial charge in [0, 0.05) is 43.3 Å². The van der Waals surface area contributed by atoms with Gasteiger partial charge in [-0.1, -0.05) is 52.3 Å². The van der Waals surface area contributed by atoms with Crippen molar-refractivity contribution in [1.82, 2.24) is 35.4 Å². The van der Waals surface area contributed by atoms with E-state index in [1.807, 2.05) is 96.3 Å². The van der Waals surface area contributed by atoms with Gasteiger partial charge in [0.05, 0.1) is 16.6 Å². The topological polar surface area (TPSA) is 85.5 Å². The van der Waals surface area contributed by atoms with Gasteiger partial charge in [0.2, 0.25) is 0 Å². The quantitative estimate of drug-likeness (QED) is 0.151. The number of hydrogen-bond donors (Lipinski definition) is 3. The third kappa shape index (κ3) is 8.51. The number of nitrogens with zero attached hydrogens (tertiary/aromatic N) is 4. The minimum atomic E-state index is -0.319. The minimum absolute atomic E-state index is 0.319. The van der Waals surface area contributed by atoms with E-state index in [0.29, 0.717) is 34.8 Å². The van der Waals surface area contributed by atoms with Crippen LogP contribution in [0.2, 0.25) is 0 Å². The van der Waals surface area contributed by atoms with Gasteiger partial charge in [0.25, 0.3) is 0 Å². The molecule has 0 saturated carbocycles. The van der Waals surface area contributed by atoms with Crippen molar-refractivity contribution in [3.63, 3.8) is 0 Å². The molecule has 4 aromatic rings. The summed E-state index contributed by atoms with van der Waals surface area (Å²) in [6.45, 7) is 23.0. The van der Waals surface area contributed by atoms with E-state index < -0.39 is 0 Å². The number of halogens is 1. The molecule has 0 unspecified atom stereocenters. The smallest absolute Gasteiger partial charge is 0.159 e. The Labute approximate surface area is 260 Å². The van der Waals surface area contributed by atoms with Crippen molar-refractivity contribution in [2.45, 2.75) is 34.2 Å². The largest absolute Gasteiger partial charge is 0.378 e. The van der Waals surface area contributed by atoms with Gasteiger partial charge in [0.15, 0.2) is 5.82 Å². The summed E-state index contributed by atoms with van der Waals surface area (Å²) in [5.41, 5.74) is 9.17. The van der Waals surface area contributed by atoms with E-state index in [1.54, 1.807) is 6.20 Å². The Morgan fingerprint density at radius 1 is 1.14 bits per heavy atom. The summed E-state index contributed by atoms with van der Waals surface area (Å²) in [6, 6.07) is 6.78. The number of aromatic amines is 2. The Hall–Kier alpha value is -5.04. The molecule has 8 heteroatoms. The molecule has 0 radical (unpaired) electrons. The van der Waals surface area contributed by atoms with Crippen molar-refractivity contribution in [3.8, 4) is 22.8 Å². The molecule has 1 aromatic carbocycles. The van der Waals surface area contributed by atoms with Crippen molar-refractivity contribution in [2.75, 3.05) is 21.1 Å². The Kier molecular flexibility index (Phi) is 13.7. The maximum Gasteiger partial charge on any atom is 0.159 e. The first-order valence-corrected chi connectivity index (χ1v) is 14.4. The van der Waals surface area contributed by atoms with Crippen molar-refractivity contribution >= 4 is 23.2 Å². The molecule has 0 spiro atoms. The molecule has 44 heavy (non-hydrogen) atoms. The van der Waals surface area contributed by atoms with Gasteiger partial charge in [-0.2, -0.15) is 5.10 Å². The van der Waals surface area contributed by atoms with E-state index in [2.05, 4.69) is 57.5 Å². The third-order valence-corrected chi connectivity index (χ3v) is 6.39. The molecule has 0 amide bonds. The Bertz CT molecular complexity index is 1810. The summed E-state index contributed by atoms with van der Waals surface area (Å²) in [4.78, 5) is 14.8. The lowest BCUT2D eigenvalue weighted by atomic mass is 10.0. The molecule has 0 fully saturated rings. The second-order valence-electron chi connectivity index (χ2n) is 9.54. The van der Waals surface area contributed by atoms with Crippen LogP contribution in [0.3, 0.4) is 0 Å². The van der Waals surface area contributed by atoms with Crippen LogP contribution in [0.25, 0.3) is 46.0 Å². The van der Waals surface area contributed by atoms with E-state index in [4.69, 9.17) is 4.98 Å². The summed E-state index contributed by atoms with van der Waals surface area (Å²) in [6.07, 6.45) is 11.5.